The maximum absolute atomic E-state index is 4.94. The molecule has 0 aliphatic carbocycles. The summed E-state index contributed by atoms with van der Waals surface area (Å²) in [6.45, 7) is 17.3. The maximum atomic E-state index is 4.94. The molecular weight excluding hydrogens is 700 g/mol. The summed E-state index contributed by atoms with van der Waals surface area (Å²) in [6, 6.07) is 22.7. The van der Waals surface area contributed by atoms with Crippen molar-refractivity contribution in [2.45, 2.75) is 66.2 Å². The molecule has 0 N–H and O–H groups in total. The van der Waals surface area contributed by atoms with Crippen LogP contribution in [-0.4, -0.2) is 16.4 Å². The summed E-state index contributed by atoms with van der Waals surface area (Å²) in [4.78, 5) is 14.8. The van der Waals surface area contributed by atoms with Crippen molar-refractivity contribution in [1.29, 1.82) is 0 Å². The Morgan fingerprint density at radius 2 is 0.971 bits per heavy atom. The van der Waals surface area contributed by atoms with Gasteiger partial charge in [-0.2, -0.15) is 0 Å². The Labute approximate surface area is 240 Å². The number of aliphatic imine (C=N–C) groups is 2. The molecule has 6 heteroatoms. The van der Waals surface area contributed by atoms with Crippen LogP contribution in [0.15, 0.2) is 76.7 Å². The molecule has 0 amide bonds. The SMILES string of the molecule is CC(=Nc1ccccc1C(C)(C)C)c1cccc(C(C)=Nc2ccccc2C(C)(C)C)n1.[I][Fe][I]. The number of halogens is 2. The average molecular weight is 735 g/mol. The third-order valence-corrected chi connectivity index (χ3v) is 5.49. The first-order chi connectivity index (χ1) is 16.4. The van der Waals surface area contributed by atoms with Crippen LogP contribution in [0, 0.1) is 0 Å². The monoisotopic (exact) mass is 735 g/mol. The number of para-hydroxylation sites is 2. The fourth-order valence-corrected chi connectivity index (χ4v) is 3.72. The van der Waals surface area contributed by atoms with Gasteiger partial charge in [0.25, 0.3) is 0 Å². The first-order valence-electron chi connectivity index (χ1n) is 11.5. The quantitative estimate of drug-likeness (QED) is 0.150. The Balaban J connectivity index is 0.00000137. The molecule has 35 heavy (non-hydrogen) atoms. The minimum atomic E-state index is 0.0271. The molecule has 0 bridgehead atoms. The Morgan fingerprint density at radius 3 is 1.31 bits per heavy atom. The van der Waals surface area contributed by atoms with E-state index in [0.717, 1.165) is 34.2 Å². The van der Waals surface area contributed by atoms with E-state index in [0.29, 0.717) is 0 Å². The molecule has 0 radical (unpaired) electrons. The number of hydrogen-bond donors (Lipinski definition) is 0. The number of benzene rings is 2. The second-order valence-corrected chi connectivity index (χ2v) is 19.7. The van der Waals surface area contributed by atoms with E-state index < -0.39 is 0 Å². The number of aromatic nitrogens is 1. The third-order valence-electron chi connectivity index (χ3n) is 5.49. The van der Waals surface area contributed by atoms with Crippen LogP contribution in [-0.2, 0) is 19.3 Å². The fraction of sp³-hybridized carbons (Fsp3) is 0.345. The second kappa shape index (κ2) is 13.5. The molecule has 1 aromatic heterocycles. The predicted octanol–water partition coefficient (Wildman–Crippen LogP) is 9.73. The molecule has 1 heterocycles. The zero-order chi connectivity index (χ0) is 26.2. The predicted molar refractivity (Wildman–Crippen MR) is 166 cm³/mol. The van der Waals surface area contributed by atoms with E-state index in [1.165, 1.54) is 19.6 Å². The molecule has 0 fully saturated rings. The van der Waals surface area contributed by atoms with Crippen molar-refractivity contribution in [2.24, 2.45) is 9.98 Å². The zero-order valence-corrected chi connectivity index (χ0v) is 27.2. The van der Waals surface area contributed by atoms with Gasteiger partial charge in [0.05, 0.1) is 34.2 Å². The molecule has 2 aromatic carbocycles. The standard InChI is InChI=1S/C29H35N3.Fe.2HI/c1-20(30-26-16-11-9-14-22(26)28(3,4)5)24-18-13-19-25(32-24)21(2)31-27-17-12-10-15-23(27)29(6,7)8;;;/h9-19H,1-8H3;;2*1H/q;+2;;/p-2. The summed E-state index contributed by atoms with van der Waals surface area (Å²) < 4.78 is 0. The van der Waals surface area contributed by atoms with E-state index in [2.05, 4.69) is 119 Å². The van der Waals surface area contributed by atoms with Gasteiger partial charge in [0.2, 0.25) is 0 Å². The summed E-state index contributed by atoms with van der Waals surface area (Å²) in [5.41, 5.74) is 8.02. The van der Waals surface area contributed by atoms with Crippen LogP contribution in [0.2, 0.25) is 0 Å². The normalized spacial score (nSPS) is 12.9. The molecule has 0 spiro atoms. The number of rotatable bonds is 4. The number of hydrogen-bond acceptors (Lipinski definition) is 3. The van der Waals surface area contributed by atoms with E-state index >= 15 is 0 Å². The molecule has 0 aliphatic rings. The molecule has 0 saturated heterocycles. The van der Waals surface area contributed by atoms with Crippen molar-refractivity contribution in [3.05, 3.63) is 89.2 Å². The van der Waals surface area contributed by atoms with Crippen LogP contribution < -0.4 is 0 Å². The molecular formula is C29H35FeI2N3. The topological polar surface area (TPSA) is 37.6 Å². The minimum absolute atomic E-state index is 0.0271. The van der Waals surface area contributed by atoms with Crippen LogP contribution in [0.4, 0.5) is 11.4 Å². The van der Waals surface area contributed by atoms with E-state index in [1.54, 1.807) is 0 Å². The Hall–Kier alpha value is -1.09. The van der Waals surface area contributed by atoms with Crippen molar-refractivity contribution >= 4 is 63.5 Å². The van der Waals surface area contributed by atoms with Crippen molar-refractivity contribution < 1.29 is 8.46 Å². The average Bonchev–Trinajstić information content (AvgIpc) is 2.79. The van der Waals surface area contributed by atoms with Crippen LogP contribution in [0.1, 0.15) is 77.9 Å². The summed E-state index contributed by atoms with van der Waals surface area (Å²) in [5.74, 6) is 0. The number of pyridine rings is 1. The van der Waals surface area contributed by atoms with E-state index in [9.17, 15) is 0 Å². The summed E-state index contributed by atoms with van der Waals surface area (Å²) >= 11 is 4.55. The van der Waals surface area contributed by atoms with Crippen molar-refractivity contribution in [3.8, 4) is 0 Å². The van der Waals surface area contributed by atoms with Gasteiger partial charge in [-0.25, -0.2) is 4.98 Å². The molecule has 0 saturated carbocycles. The van der Waals surface area contributed by atoms with Gasteiger partial charge in [-0.1, -0.05) is 84.0 Å². The van der Waals surface area contributed by atoms with E-state index in [4.69, 9.17) is 15.0 Å². The Morgan fingerprint density at radius 1 is 0.629 bits per heavy atom. The van der Waals surface area contributed by atoms with Gasteiger partial charge in [-0.3, -0.25) is 9.98 Å². The summed E-state index contributed by atoms with van der Waals surface area (Å²) in [5, 5.41) is 0. The number of nitrogens with zero attached hydrogens (tertiary/aromatic N) is 3. The van der Waals surface area contributed by atoms with E-state index in [1.807, 2.05) is 44.2 Å². The Bertz CT molecular complexity index is 1100. The van der Waals surface area contributed by atoms with Crippen molar-refractivity contribution in [1.82, 2.24) is 4.98 Å². The molecule has 0 unspecified atom stereocenters. The first-order valence-corrected chi connectivity index (χ1v) is 18.6. The van der Waals surface area contributed by atoms with Gasteiger partial charge >= 0.3 is 49.1 Å². The molecule has 3 rings (SSSR count). The van der Waals surface area contributed by atoms with E-state index in [-0.39, 0.29) is 10.8 Å². The molecule has 0 aliphatic heterocycles. The first kappa shape index (κ1) is 30.1. The van der Waals surface area contributed by atoms with Gasteiger partial charge < -0.3 is 0 Å². The van der Waals surface area contributed by atoms with Gasteiger partial charge in [-0.05, 0) is 60.1 Å². The van der Waals surface area contributed by atoms with Crippen LogP contribution in [0.25, 0.3) is 0 Å². The van der Waals surface area contributed by atoms with Crippen LogP contribution >= 0.6 is 40.7 Å². The van der Waals surface area contributed by atoms with Gasteiger partial charge in [0.1, 0.15) is 0 Å². The molecule has 0 atom stereocenters. The Kier molecular flexibility index (Phi) is 11.6. The fourth-order valence-electron chi connectivity index (χ4n) is 3.72. The molecule has 3 nitrogen and oxygen atoms in total. The van der Waals surface area contributed by atoms with Gasteiger partial charge in [0, 0.05) is 0 Å². The second-order valence-electron chi connectivity index (χ2n) is 10.4. The summed E-state index contributed by atoms with van der Waals surface area (Å²) in [7, 11) is 1.19. The van der Waals surface area contributed by atoms with Crippen LogP contribution in [0.5, 0.6) is 0 Å². The van der Waals surface area contributed by atoms with Gasteiger partial charge in [0.15, 0.2) is 0 Å². The molecule has 3 aromatic rings. The zero-order valence-electron chi connectivity index (χ0n) is 21.8. The molecule has 188 valence electrons. The van der Waals surface area contributed by atoms with Crippen LogP contribution in [0.3, 0.4) is 0 Å². The van der Waals surface area contributed by atoms with Gasteiger partial charge in [-0.15, -0.1) is 0 Å². The third kappa shape index (κ3) is 9.06. The van der Waals surface area contributed by atoms with Crippen molar-refractivity contribution in [2.75, 3.05) is 0 Å². The summed E-state index contributed by atoms with van der Waals surface area (Å²) in [6.07, 6.45) is 0. The van der Waals surface area contributed by atoms with Crippen molar-refractivity contribution in [3.63, 3.8) is 0 Å².